The minimum atomic E-state index is -0.719. The van der Waals surface area contributed by atoms with E-state index in [0.717, 1.165) is 12.8 Å². The number of rotatable bonds is 6. The molecular formula is C25H25FN4O3. The average molecular weight is 448 g/mol. The van der Waals surface area contributed by atoms with Gasteiger partial charge >= 0.3 is 0 Å². The molecule has 0 aliphatic carbocycles. The van der Waals surface area contributed by atoms with Crippen molar-refractivity contribution in [3.8, 4) is 23.2 Å². The van der Waals surface area contributed by atoms with Gasteiger partial charge in [-0.1, -0.05) is 43.3 Å². The lowest BCUT2D eigenvalue weighted by molar-refractivity contribution is -0.142. The maximum atomic E-state index is 13.5. The molecule has 1 amide bonds. The molecule has 3 aromatic rings. The van der Waals surface area contributed by atoms with Gasteiger partial charge in [-0.05, 0) is 43.0 Å². The van der Waals surface area contributed by atoms with Crippen LogP contribution in [0.5, 0.6) is 5.75 Å². The van der Waals surface area contributed by atoms with Gasteiger partial charge in [0.1, 0.15) is 17.6 Å². The summed E-state index contributed by atoms with van der Waals surface area (Å²) in [4.78, 5) is 19.6. The van der Waals surface area contributed by atoms with Gasteiger partial charge in [0.25, 0.3) is 5.91 Å². The number of aromatic nitrogens is 2. The van der Waals surface area contributed by atoms with E-state index in [1.165, 1.54) is 12.1 Å². The molecule has 1 aliphatic rings. The van der Waals surface area contributed by atoms with Crippen molar-refractivity contribution in [2.24, 2.45) is 5.92 Å². The Morgan fingerprint density at radius 2 is 2.09 bits per heavy atom. The quantitative estimate of drug-likeness (QED) is 0.549. The summed E-state index contributed by atoms with van der Waals surface area (Å²) in [7, 11) is 0. The zero-order valence-electron chi connectivity index (χ0n) is 18.6. The van der Waals surface area contributed by atoms with Gasteiger partial charge in [-0.25, -0.2) is 4.39 Å². The van der Waals surface area contributed by atoms with Crippen LogP contribution in [0.25, 0.3) is 11.4 Å². The number of ether oxygens (including phenoxy) is 1. The maximum Gasteiger partial charge on any atom is 0.263 e. The Balaban J connectivity index is 1.49. The van der Waals surface area contributed by atoms with Crippen LogP contribution in [0.3, 0.4) is 0 Å². The molecule has 0 spiro atoms. The van der Waals surface area contributed by atoms with Crippen molar-refractivity contribution in [3.63, 3.8) is 0 Å². The zero-order valence-corrected chi connectivity index (χ0v) is 18.6. The number of nitrogens with zero attached hydrogens (tertiary/aromatic N) is 4. The summed E-state index contributed by atoms with van der Waals surface area (Å²) in [5, 5.41) is 13.3. The van der Waals surface area contributed by atoms with Crippen LogP contribution < -0.4 is 4.74 Å². The van der Waals surface area contributed by atoms with Crippen LogP contribution >= 0.6 is 0 Å². The molecule has 0 bridgehead atoms. The summed E-state index contributed by atoms with van der Waals surface area (Å²) in [5.74, 6) is 0.452. The van der Waals surface area contributed by atoms with E-state index >= 15 is 0 Å². The second kappa shape index (κ2) is 9.82. The van der Waals surface area contributed by atoms with Gasteiger partial charge in [-0.3, -0.25) is 4.79 Å². The highest BCUT2D eigenvalue weighted by Gasteiger charge is 2.34. The SMILES string of the molecule is CC(C)C(Oc1ccccc1C#N)C(=O)N1CCCC(c2nc(-c3cccc(F)c3)no2)C1. The molecule has 0 N–H and O–H groups in total. The van der Waals surface area contributed by atoms with Crippen molar-refractivity contribution >= 4 is 5.91 Å². The lowest BCUT2D eigenvalue weighted by Crippen LogP contribution is -2.48. The molecule has 1 aromatic heterocycles. The molecule has 1 fully saturated rings. The van der Waals surface area contributed by atoms with Gasteiger partial charge < -0.3 is 14.2 Å². The van der Waals surface area contributed by atoms with E-state index < -0.39 is 6.10 Å². The lowest BCUT2D eigenvalue weighted by Gasteiger charge is -2.34. The van der Waals surface area contributed by atoms with Gasteiger partial charge in [0.05, 0.1) is 11.5 Å². The van der Waals surface area contributed by atoms with E-state index in [1.807, 2.05) is 13.8 Å². The highest BCUT2D eigenvalue weighted by Crippen LogP contribution is 2.29. The molecule has 0 radical (unpaired) electrons. The summed E-state index contributed by atoms with van der Waals surface area (Å²) in [6.07, 6.45) is 0.871. The van der Waals surface area contributed by atoms with Gasteiger partial charge in [0.15, 0.2) is 6.10 Å². The van der Waals surface area contributed by atoms with Crippen molar-refractivity contribution in [3.05, 3.63) is 65.8 Å². The van der Waals surface area contributed by atoms with Crippen LogP contribution in [-0.2, 0) is 4.79 Å². The first-order valence-corrected chi connectivity index (χ1v) is 11.0. The standard InChI is InChI=1S/C25H25FN4O3/c1-16(2)22(32-21-11-4-3-7-18(21)14-27)25(31)30-12-6-9-19(15-30)24-28-23(29-33-24)17-8-5-10-20(26)13-17/h3-5,7-8,10-11,13,16,19,22H,6,9,12,15H2,1-2H3. The number of para-hydroxylation sites is 1. The highest BCUT2D eigenvalue weighted by molar-refractivity contribution is 5.82. The van der Waals surface area contributed by atoms with Gasteiger partial charge in [-0.15, -0.1) is 0 Å². The number of carbonyl (C=O) groups is 1. The average Bonchev–Trinajstić information content (AvgIpc) is 3.33. The molecule has 1 aliphatic heterocycles. The van der Waals surface area contributed by atoms with Crippen molar-refractivity contribution in [1.29, 1.82) is 5.26 Å². The fourth-order valence-electron chi connectivity index (χ4n) is 3.97. The molecule has 170 valence electrons. The van der Waals surface area contributed by atoms with Crippen molar-refractivity contribution in [2.45, 2.75) is 38.7 Å². The topological polar surface area (TPSA) is 92.2 Å². The summed E-state index contributed by atoms with van der Waals surface area (Å²) >= 11 is 0. The first kappa shape index (κ1) is 22.5. The third kappa shape index (κ3) is 5.03. The second-order valence-corrected chi connectivity index (χ2v) is 8.48. The summed E-state index contributed by atoms with van der Waals surface area (Å²) < 4.78 is 25.0. The van der Waals surface area contributed by atoms with E-state index in [2.05, 4.69) is 16.2 Å². The fraction of sp³-hybridized carbons (Fsp3) is 0.360. The molecule has 2 atom stereocenters. The largest absolute Gasteiger partial charge is 0.479 e. The van der Waals surface area contributed by atoms with E-state index in [-0.39, 0.29) is 23.6 Å². The van der Waals surface area contributed by atoms with Crippen LogP contribution in [0.2, 0.25) is 0 Å². The number of halogens is 1. The summed E-state index contributed by atoms with van der Waals surface area (Å²) in [6, 6.07) is 15.0. The van der Waals surface area contributed by atoms with Crippen LogP contribution in [0.4, 0.5) is 4.39 Å². The summed E-state index contributed by atoms with van der Waals surface area (Å²) in [6.45, 7) is 4.87. The van der Waals surface area contributed by atoms with Crippen molar-refractivity contribution in [1.82, 2.24) is 15.0 Å². The molecular weight excluding hydrogens is 423 g/mol. The Bertz CT molecular complexity index is 1170. The Hall–Kier alpha value is -3.73. The molecule has 4 rings (SSSR count). The van der Waals surface area contributed by atoms with Crippen LogP contribution in [0.1, 0.15) is 44.1 Å². The fourth-order valence-corrected chi connectivity index (χ4v) is 3.97. The highest BCUT2D eigenvalue weighted by atomic mass is 19.1. The normalized spacial score (nSPS) is 16.9. The number of nitriles is 1. The zero-order chi connectivity index (χ0) is 23.4. The number of piperidine rings is 1. The molecule has 33 heavy (non-hydrogen) atoms. The number of hydrogen-bond acceptors (Lipinski definition) is 6. The molecule has 0 saturated carbocycles. The Morgan fingerprint density at radius 3 is 2.85 bits per heavy atom. The second-order valence-electron chi connectivity index (χ2n) is 8.48. The van der Waals surface area contributed by atoms with Crippen LogP contribution in [0, 0.1) is 23.1 Å². The number of benzene rings is 2. The molecule has 1 saturated heterocycles. The Kier molecular flexibility index (Phi) is 6.68. The molecule has 7 nitrogen and oxygen atoms in total. The summed E-state index contributed by atoms with van der Waals surface area (Å²) in [5.41, 5.74) is 0.932. The van der Waals surface area contributed by atoms with Gasteiger partial charge in [-0.2, -0.15) is 10.2 Å². The van der Waals surface area contributed by atoms with E-state index in [4.69, 9.17) is 9.26 Å². The Morgan fingerprint density at radius 1 is 1.27 bits per heavy atom. The monoisotopic (exact) mass is 448 g/mol. The third-order valence-electron chi connectivity index (χ3n) is 5.72. The van der Waals surface area contributed by atoms with E-state index in [0.29, 0.717) is 41.7 Å². The predicted octanol–water partition coefficient (Wildman–Crippen LogP) is 4.56. The van der Waals surface area contributed by atoms with Crippen molar-refractivity contribution in [2.75, 3.05) is 13.1 Å². The van der Waals surface area contributed by atoms with E-state index in [9.17, 15) is 14.4 Å². The Labute approximate surface area is 191 Å². The van der Waals surface area contributed by atoms with E-state index in [1.54, 1.807) is 41.3 Å². The van der Waals surface area contributed by atoms with Crippen molar-refractivity contribution < 1.29 is 18.4 Å². The molecule has 2 aromatic carbocycles. The number of likely N-dealkylation sites (tertiary alicyclic amines) is 1. The number of carbonyl (C=O) groups excluding carboxylic acids is 1. The number of amides is 1. The molecule has 8 heteroatoms. The van der Waals surface area contributed by atoms with Gasteiger partial charge in [0, 0.05) is 18.7 Å². The van der Waals surface area contributed by atoms with Crippen LogP contribution in [-0.4, -0.2) is 40.1 Å². The minimum absolute atomic E-state index is 0.0902. The minimum Gasteiger partial charge on any atom is -0.479 e. The third-order valence-corrected chi connectivity index (χ3v) is 5.72. The van der Waals surface area contributed by atoms with Crippen LogP contribution in [0.15, 0.2) is 53.1 Å². The molecule has 2 heterocycles. The first-order chi connectivity index (χ1) is 16.0. The predicted molar refractivity (Wildman–Crippen MR) is 119 cm³/mol. The first-order valence-electron chi connectivity index (χ1n) is 11.0. The maximum absolute atomic E-state index is 13.5. The van der Waals surface area contributed by atoms with Gasteiger partial charge in [0.2, 0.25) is 11.7 Å². The lowest BCUT2D eigenvalue weighted by atomic mass is 9.96. The number of hydrogen-bond donors (Lipinski definition) is 0. The smallest absolute Gasteiger partial charge is 0.263 e. The molecule has 2 unspecified atom stereocenters.